The van der Waals surface area contributed by atoms with Gasteiger partial charge < -0.3 is 10.4 Å². The van der Waals surface area contributed by atoms with Gasteiger partial charge in [0.05, 0.1) is 17.3 Å². The maximum atomic E-state index is 11.9. The van der Waals surface area contributed by atoms with Gasteiger partial charge in [0.1, 0.15) is 0 Å². The summed E-state index contributed by atoms with van der Waals surface area (Å²) < 4.78 is 23.8. The average Bonchev–Trinajstić information content (AvgIpc) is 2.40. The molecule has 6 heteroatoms. The molecule has 0 fully saturated rings. The van der Waals surface area contributed by atoms with Gasteiger partial charge in [-0.2, -0.15) is 11.8 Å². The second-order valence-corrected chi connectivity index (χ2v) is 7.92. The van der Waals surface area contributed by atoms with E-state index in [1.807, 2.05) is 20.1 Å². The summed E-state index contributed by atoms with van der Waals surface area (Å²) in [5.41, 5.74) is 0.862. The molecule has 0 aliphatic carbocycles. The molecule has 0 saturated carbocycles. The minimum absolute atomic E-state index is 0.105. The van der Waals surface area contributed by atoms with E-state index in [0.717, 1.165) is 5.69 Å². The van der Waals surface area contributed by atoms with Crippen LogP contribution in [0.5, 0.6) is 0 Å². The molecule has 0 aromatic heterocycles. The highest BCUT2D eigenvalue weighted by Crippen LogP contribution is 2.19. The number of thioether (sulfide) groups is 1. The lowest BCUT2D eigenvalue weighted by atomic mass is 10.2. The number of rotatable bonds is 8. The Kier molecular flexibility index (Phi) is 6.85. The number of hydrogen-bond donors (Lipinski definition) is 2. The molecular weight excluding hydrogens is 294 g/mol. The van der Waals surface area contributed by atoms with E-state index in [4.69, 9.17) is 0 Å². The van der Waals surface area contributed by atoms with E-state index in [0.29, 0.717) is 11.3 Å². The van der Waals surface area contributed by atoms with E-state index < -0.39 is 9.84 Å². The number of anilines is 1. The first-order valence-electron chi connectivity index (χ1n) is 6.67. The Bertz CT molecular complexity index is 496. The monoisotopic (exact) mass is 317 g/mol. The van der Waals surface area contributed by atoms with E-state index in [1.165, 1.54) is 0 Å². The lowest BCUT2D eigenvalue weighted by Gasteiger charge is -2.22. The van der Waals surface area contributed by atoms with Gasteiger partial charge in [0.2, 0.25) is 0 Å². The zero-order chi connectivity index (χ0) is 15.2. The molecule has 0 heterocycles. The largest absolute Gasteiger partial charge is 0.395 e. The molecule has 20 heavy (non-hydrogen) atoms. The SMILES string of the molecule is CCCS(=O)(=O)c1ccc(NC(C)C(CO)SC)cc1. The maximum absolute atomic E-state index is 11.9. The van der Waals surface area contributed by atoms with Crippen LogP contribution in [0.4, 0.5) is 5.69 Å². The van der Waals surface area contributed by atoms with Crippen molar-refractivity contribution >= 4 is 27.3 Å². The van der Waals surface area contributed by atoms with Gasteiger partial charge in [-0.25, -0.2) is 8.42 Å². The van der Waals surface area contributed by atoms with Crippen molar-refractivity contribution in [2.45, 2.75) is 36.5 Å². The Hall–Kier alpha value is -0.720. The van der Waals surface area contributed by atoms with Gasteiger partial charge in [-0.3, -0.25) is 0 Å². The minimum atomic E-state index is -3.15. The number of aliphatic hydroxyl groups excluding tert-OH is 1. The molecule has 0 spiro atoms. The van der Waals surface area contributed by atoms with Crippen LogP contribution in [0.3, 0.4) is 0 Å². The van der Waals surface area contributed by atoms with E-state index >= 15 is 0 Å². The summed E-state index contributed by atoms with van der Waals surface area (Å²) in [6, 6.07) is 6.91. The fourth-order valence-corrected chi connectivity index (χ4v) is 3.89. The number of benzene rings is 1. The predicted molar refractivity (Wildman–Crippen MR) is 86.3 cm³/mol. The Balaban J connectivity index is 2.77. The first-order chi connectivity index (χ1) is 9.44. The van der Waals surface area contributed by atoms with Crippen LogP contribution in [0.1, 0.15) is 20.3 Å². The van der Waals surface area contributed by atoms with Crippen LogP contribution in [0.2, 0.25) is 0 Å². The van der Waals surface area contributed by atoms with Crippen molar-refractivity contribution in [1.29, 1.82) is 0 Å². The van der Waals surface area contributed by atoms with Crippen molar-refractivity contribution in [3.63, 3.8) is 0 Å². The number of sulfone groups is 1. The molecule has 0 saturated heterocycles. The highest BCUT2D eigenvalue weighted by Gasteiger charge is 2.16. The average molecular weight is 317 g/mol. The Labute approximate surface area is 125 Å². The molecule has 4 nitrogen and oxygen atoms in total. The topological polar surface area (TPSA) is 66.4 Å². The van der Waals surface area contributed by atoms with Crippen LogP contribution in [-0.4, -0.2) is 43.4 Å². The van der Waals surface area contributed by atoms with Gasteiger partial charge in [-0.15, -0.1) is 0 Å². The number of nitrogens with one attached hydrogen (secondary N) is 1. The molecule has 0 bridgehead atoms. The third-order valence-corrected chi connectivity index (χ3v) is 6.22. The fraction of sp³-hybridized carbons (Fsp3) is 0.571. The number of hydrogen-bond acceptors (Lipinski definition) is 5. The molecule has 114 valence electrons. The highest BCUT2D eigenvalue weighted by molar-refractivity contribution is 7.99. The molecule has 1 rings (SSSR count). The minimum Gasteiger partial charge on any atom is -0.395 e. The second kappa shape index (κ2) is 7.90. The summed E-state index contributed by atoms with van der Waals surface area (Å²) >= 11 is 1.60. The van der Waals surface area contributed by atoms with Gasteiger partial charge in [-0.05, 0) is 43.9 Å². The fourth-order valence-electron chi connectivity index (χ4n) is 1.94. The molecule has 0 amide bonds. The third-order valence-electron chi connectivity index (χ3n) is 3.12. The van der Waals surface area contributed by atoms with Crippen molar-refractivity contribution in [3.05, 3.63) is 24.3 Å². The normalized spacial score (nSPS) is 14.8. The molecule has 1 aromatic rings. The van der Waals surface area contributed by atoms with Crippen molar-refractivity contribution in [2.75, 3.05) is 23.9 Å². The van der Waals surface area contributed by atoms with Crippen LogP contribution in [0.15, 0.2) is 29.2 Å². The molecule has 2 atom stereocenters. The molecular formula is C14H23NO3S2. The number of aliphatic hydroxyl groups is 1. The maximum Gasteiger partial charge on any atom is 0.178 e. The van der Waals surface area contributed by atoms with Crippen LogP contribution in [0, 0.1) is 0 Å². The summed E-state index contributed by atoms with van der Waals surface area (Å²) in [5.74, 6) is 0.176. The van der Waals surface area contributed by atoms with Crippen molar-refractivity contribution < 1.29 is 13.5 Å². The van der Waals surface area contributed by atoms with Gasteiger partial charge in [0.15, 0.2) is 9.84 Å². The molecule has 2 unspecified atom stereocenters. The van der Waals surface area contributed by atoms with Crippen molar-refractivity contribution in [2.24, 2.45) is 0 Å². The van der Waals surface area contributed by atoms with Crippen LogP contribution in [0.25, 0.3) is 0 Å². The van der Waals surface area contributed by atoms with E-state index in [2.05, 4.69) is 5.32 Å². The van der Waals surface area contributed by atoms with Crippen LogP contribution in [-0.2, 0) is 9.84 Å². The Morgan fingerprint density at radius 2 is 1.90 bits per heavy atom. The van der Waals surface area contributed by atoms with Gasteiger partial charge >= 0.3 is 0 Å². The summed E-state index contributed by atoms with van der Waals surface area (Å²) in [6.45, 7) is 3.96. The molecule has 0 radical (unpaired) electrons. The van der Waals surface area contributed by atoms with Gasteiger partial charge in [0.25, 0.3) is 0 Å². The highest BCUT2D eigenvalue weighted by atomic mass is 32.2. The summed E-state index contributed by atoms with van der Waals surface area (Å²) in [4.78, 5) is 0.362. The summed E-state index contributed by atoms with van der Waals surface area (Å²) in [6.07, 6.45) is 2.57. The lowest BCUT2D eigenvalue weighted by Crippen LogP contribution is -2.30. The second-order valence-electron chi connectivity index (χ2n) is 4.73. The summed E-state index contributed by atoms with van der Waals surface area (Å²) in [7, 11) is -3.15. The van der Waals surface area contributed by atoms with Crippen LogP contribution >= 0.6 is 11.8 Å². The first-order valence-corrected chi connectivity index (χ1v) is 9.61. The first kappa shape index (κ1) is 17.3. The van der Waals surface area contributed by atoms with Crippen molar-refractivity contribution in [3.8, 4) is 0 Å². The lowest BCUT2D eigenvalue weighted by molar-refractivity contribution is 0.288. The quantitative estimate of drug-likeness (QED) is 0.770. The molecule has 0 aliphatic rings. The standard InChI is InChI=1S/C14H23NO3S2/c1-4-9-20(17,18)13-7-5-12(6-8-13)15-11(2)14(10-16)19-3/h5-8,11,14-16H,4,9-10H2,1-3H3. The van der Waals surface area contributed by atoms with Crippen molar-refractivity contribution in [1.82, 2.24) is 0 Å². The van der Waals surface area contributed by atoms with E-state index in [1.54, 1.807) is 36.0 Å². The van der Waals surface area contributed by atoms with Gasteiger partial charge in [0, 0.05) is 17.0 Å². The predicted octanol–water partition coefficient (Wildman–Crippen LogP) is 2.39. The molecule has 0 aliphatic heterocycles. The zero-order valence-corrected chi connectivity index (χ0v) is 13.8. The Morgan fingerprint density at radius 3 is 2.35 bits per heavy atom. The zero-order valence-electron chi connectivity index (χ0n) is 12.2. The molecule has 1 aromatic carbocycles. The Morgan fingerprint density at radius 1 is 1.30 bits per heavy atom. The smallest absolute Gasteiger partial charge is 0.178 e. The molecule has 2 N–H and O–H groups in total. The van der Waals surface area contributed by atoms with Crippen LogP contribution < -0.4 is 5.32 Å². The summed E-state index contributed by atoms with van der Waals surface area (Å²) in [5, 5.41) is 12.6. The third kappa shape index (κ3) is 4.68. The van der Waals surface area contributed by atoms with E-state index in [-0.39, 0.29) is 23.7 Å². The van der Waals surface area contributed by atoms with Gasteiger partial charge in [-0.1, -0.05) is 6.92 Å². The van der Waals surface area contributed by atoms with E-state index in [9.17, 15) is 13.5 Å².